The smallest absolute Gasteiger partial charge is 0.338 e. The first-order chi connectivity index (χ1) is 8.78. The van der Waals surface area contributed by atoms with Crippen LogP contribution in [0.5, 0.6) is 0 Å². The molecule has 0 saturated carbocycles. The summed E-state index contributed by atoms with van der Waals surface area (Å²) in [6, 6.07) is 0. The Bertz CT molecular complexity index is 388. The summed E-state index contributed by atoms with van der Waals surface area (Å²) < 4.78 is 13.3. The molecule has 102 valence electrons. The zero-order valence-corrected chi connectivity index (χ0v) is 12.1. The van der Waals surface area contributed by atoms with E-state index in [9.17, 15) is 4.79 Å². The van der Waals surface area contributed by atoms with Crippen molar-refractivity contribution in [1.82, 2.24) is 0 Å². The molecule has 1 atom stereocenters. The topological polar surface area (TPSA) is 26.3 Å². The van der Waals surface area contributed by atoms with Gasteiger partial charge in [-0.25, -0.2) is 4.79 Å². The zero-order valence-electron chi connectivity index (χ0n) is 13.1. The van der Waals surface area contributed by atoms with Crippen LogP contribution in [0.4, 0.5) is 0 Å². The van der Waals surface area contributed by atoms with Crippen molar-refractivity contribution >= 4 is 5.97 Å². The molecule has 1 aliphatic carbocycles. The summed E-state index contributed by atoms with van der Waals surface area (Å²) in [4.78, 5) is 12.1. The minimum atomic E-state index is -0.495. The summed E-state index contributed by atoms with van der Waals surface area (Å²) in [5.74, 6) is -0.313. The number of ether oxygens (including phenoxy) is 1. The Balaban J connectivity index is 2.68. The van der Waals surface area contributed by atoms with Crippen molar-refractivity contribution in [2.75, 3.05) is 0 Å². The average Bonchev–Trinajstić information content (AvgIpc) is 2.29. The molecule has 0 aromatic rings. The number of hydrogen-bond donors (Lipinski definition) is 0. The molecule has 0 amide bonds. The monoisotopic (exact) mass is 251 g/mol. The number of hydrogen-bond acceptors (Lipinski definition) is 2. The molecule has 2 heteroatoms. The van der Waals surface area contributed by atoms with Crippen LogP contribution in [0.15, 0.2) is 23.3 Å². The number of carbonyl (C=O) groups is 1. The quantitative estimate of drug-likeness (QED) is 0.511. The third kappa shape index (κ3) is 4.32. The fourth-order valence-corrected chi connectivity index (χ4v) is 2.01. The van der Waals surface area contributed by atoms with Gasteiger partial charge in [0.15, 0.2) is 0 Å². The van der Waals surface area contributed by atoms with Crippen LogP contribution in [0.2, 0.25) is 0 Å². The maximum absolute atomic E-state index is 12.1. The lowest BCUT2D eigenvalue weighted by Gasteiger charge is -2.28. The Labute approximate surface area is 113 Å². The van der Waals surface area contributed by atoms with Gasteiger partial charge in [0, 0.05) is 1.37 Å². The van der Waals surface area contributed by atoms with Crippen molar-refractivity contribution in [3.05, 3.63) is 23.3 Å². The van der Waals surface area contributed by atoms with Crippen molar-refractivity contribution < 1.29 is 10.9 Å². The number of carbonyl (C=O) groups excluding carboxylic acids is 1. The predicted molar refractivity (Wildman–Crippen MR) is 75.4 cm³/mol. The summed E-state index contributed by atoms with van der Waals surface area (Å²) in [5.41, 5.74) is 1.60. The standard InChI is InChI=1S/C16H26O2/c1-6-7-8-9-10-13-11-12(2)14(13)15(17)18-16(3,4)5/h2,6-11H2,1,3-5H3/i11D. The van der Waals surface area contributed by atoms with Gasteiger partial charge in [0.1, 0.15) is 5.60 Å². The highest BCUT2D eigenvalue weighted by atomic mass is 16.6. The second-order valence-corrected chi connectivity index (χ2v) is 5.88. The third-order valence-corrected chi connectivity index (χ3v) is 2.89. The Morgan fingerprint density at radius 2 is 2.06 bits per heavy atom. The Hall–Kier alpha value is -1.05. The van der Waals surface area contributed by atoms with E-state index >= 15 is 0 Å². The molecule has 2 nitrogen and oxygen atoms in total. The molecule has 0 bridgehead atoms. The fraction of sp³-hybridized carbons (Fsp3) is 0.688. The van der Waals surface area contributed by atoms with Crippen molar-refractivity contribution in [3.63, 3.8) is 0 Å². The van der Waals surface area contributed by atoms with Gasteiger partial charge >= 0.3 is 5.97 Å². The minimum absolute atomic E-state index is 0.313. The molecular formula is C16H26O2. The fourth-order valence-electron chi connectivity index (χ4n) is 2.01. The first-order valence-corrected chi connectivity index (χ1v) is 6.85. The van der Waals surface area contributed by atoms with Crippen LogP contribution in [0.1, 0.15) is 67.6 Å². The lowest BCUT2D eigenvalue weighted by molar-refractivity contribution is -0.149. The molecule has 1 aliphatic rings. The van der Waals surface area contributed by atoms with Crippen LogP contribution in [-0.2, 0) is 9.53 Å². The molecule has 0 fully saturated rings. The normalized spacial score (nSPS) is 20.6. The summed E-state index contributed by atoms with van der Waals surface area (Å²) in [5, 5.41) is 0. The summed E-state index contributed by atoms with van der Waals surface area (Å²) in [6.07, 6.45) is 5.01. The number of allylic oxidation sites excluding steroid dienone is 1. The van der Waals surface area contributed by atoms with Crippen molar-refractivity contribution in [3.8, 4) is 0 Å². The molecule has 0 N–H and O–H groups in total. The highest BCUT2D eigenvalue weighted by Gasteiger charge is 2.30. The zero-order chi connectivity index (χ0) is 14.6. The van der Waals surface area contributed by atoms with Gasteiger partial charge in [0.25, 0.3) is 0 Å². The van der Waals surface area contributed by atoms with Gasteiger partial charge in [-0.3, -0.25) is 0 Å². The van der Waals surface area contributed by atoms with Crippen LogP contribution in [0.25, 0.3) is 0 Å². The van der Waals surface area contributed by atoms with Gasteiger partial charge in [0.05, 0.1) is 5.57 Å². The van der Waals surface area contributed by atoms with Gasteiger partial charge in [-0.15, -0.1) is 0 Å². The Morgan fingerprint density at radius 3 is 2.61 bits per heavy atom. The molecule has 1 rings (SSSR count). The molecule has 0 spiro atoms. The van der Waals surface area contributed by atoms with Crippen LogP contribution in [0, 0.1) is 0 Å². The summed E-state index contributed by atoms with van der Waals surface area (Å²) in [6.45, 7) is 11.6. The van der Waals surface area contributed by atoms with E-state index in [0.717, 1.165) is 24.8 Å². The van der Waals surface area contributed by atoms with Crippen molar-refractivity contribution in [2.24, 2.45) is 0 Å². The van der Waals surface area contributed by atoms with E-state index < -0.39 is 12.0 Å². The lowest BCUT2D eigenvalue weighted by atomic mass is 9.81. The number of unbranched alkanes of at least 4 members (excludes halogenated alkanes) is 3. The predicted octanol–water partition coefficient (Wildman–Crippen LogP) is 4.56. The van der Waals surface area contributed by atoms with Crippen molar-refractivity contribution in [2.45, 2.75) is 71.8 Å². The molecule has 0 aliphatic heterocycles. The maximum atomic E-state index is 12.1. The first-order valence-electron chi connectivity index (χ1n) is 7.43. The van der Waals surface area contributed by atoms with E-state index in [0.29, 0.717) is 11.1 Å². The minimum Gasteiger partial charge on any atom is -0.456 e. The number of esters is 1. The molecule has 0 radical (unpaired) electrons. The molecule has 0 saturated heterocycles. The summed E-state index contributed by atoms with van der Waals surface area (Å²) >= 11 is 0. The molecular weight excluding hydrogens is 224 g/mol. The van der Waals surface area contributed by atoms with E-state index in [-0.39, 0.29) is 5.97 Å². The SMILES string of the molecule is [2H]C1C(=C)C(C(=O)OC(C)(C)C)=C1CCCCCC. The molecule has 18 heavy (non-hydrogen) atoms. The lowest BCUT2D eigenvalue weighted by Crippen LogP contribution is -2.28. The van der Waals surface area contributed by atoms with E-state index in [1.807, 2.05) is 20.8 Å². The van der Waals surface area contributed by atoms with Gasteiger partial charge in [0.2, 0.25) is 0 Å². The van der Waals surface area contributed by atoms with Gasteiger partial charge in [-0.2, -0.15) is 0 Å². The van der Waals surface area contributed by atoms with Crippen LogP contribution >= 0.6 is 0 Å². The maximum Gasteiger partial charge on any atom is 0.338 e. The third-order valence-electron chi connectivity index (χ3n) is 2.89. The second kappa shape index (κ2) is 6.21. The molecule has 0 aromatic heterocycles. The van der Waals surface area contributed by atoms with Crippen LogP contribution in [0.3, 0.4) is 0 Å². The summed E-state index contributed by atoms with van der Waals surface area (Å²) in [7, 11) is 0. The largest absolute Gasteiger partial charge is 0.456 e. The van der Waals surface area contributed by atoms with E-state index in [1.54, 1.807) is 0 Å². The van der Waals surface area contributed by atoms with Gasteiger partial charge in [-0.1, -0.05) is 38.3 Å². The van der Waals surface area contributed by atoms with Crippen molar-refractivity contribution in [1.29, 1.82) is 0 Å². The Kier molecular flexibility index (Phi) is 4.62. The highest BCUT2D eigenvalue weighted by molar-refractivity contribution is 5.97. The van der Waals surface area contributed by atoms with E-state index in [4.69, 9.17) is 6.11 Å². The van der Waals surface area contributed by atoms with Gasteiger partial charge < -0.3 is 4.74 Å². The van der Waals surface area contributed by atoms with E-state index in [2.05, 4.69) is 13.5 Å². The average molecular weight is 251 g/mol. The molecule has 0 heterocycles. The number of rotatable bonds is 6. The van der Waals surface area contributed by atoms with E-state index in [1.165, 1.54) is 12.8 Å². The Morgan fingerprint density at radius 1 is 1.39 bits per heavy atom. The highest BCUT2D eigenvalue weighted by Crippen LogP contribution is 2.37. The molecule has 0 aromatic carbocycles. The van der Waals surface area contributed by atoms with Gasteiger partial charge in [-0.05, 0) is 45.6 Å². The van der Waals surface area contributed by atoms with Crippen LogP contribution in [-0.4, -0.2) is 11.6 Å². The molecule has 1 unspecified atom stereocenters. The first kappa shape index (κ1) is 13.4. The van der Waals surface area contributed by atoms with Crippen LogP contribution < -0.4 is 0 Å². The second-order valence-electron chi connectivity index (χ2n) is 5.88.